The molecule has 0 aliphatic carbocycles. The summed E-state index contributed by atoms with van der Waals surface area (Å²) in [7, 11) is -3.86. The maximum atomic E-state index is 12.6. The number of carbonyl (C=O) groups is 1. The number of nitrogens with zero attached hydrogens (tertiary/aromatic N) is 2. The summed E-state index contributed by atoms with van der Waals surface area (Å²) < 4.78 is 28.5. The summed E-state index contributed by atoms with van der Waals surface area (Å²) in [6.07, 6.45) is 3.03. The minimum absolute atomic E-state index is 0.00906. The molecule has 0 spiro atoms. The normalized spacial score (nSPS) is 11.2. The standard InChI is InChI=1S/C22H20BrN5O3S2/c1-14-13-15(2)25-21(24-14)28-33(30,31)19-10-8-18(9-11-19)26-22(32)27-20(29)12-5-16-3-6-17(23)7-4-16/h3-13H,1-2H3,(H,24,25,28)(H2,26,27,29,32). The van der Waals surface area contributed by atoms with Crippen LogP contribution in [-0.4, -0.2) is 29.4 Å². The summed E-state index contributed by atoms with van der Waals surface area (Å²) in [5, 5.41) is 5.46. The zero-order valence-corrected chi connectivity index (χ0v) is 20.9. The quantitative estimate of drug-likeness (QED) is 0.314. The van der Waals surface area contributed by atoms with Crippen molar-refractivity contribution in [2.24, 2.45) is 0 Å². The van der Waals surface area contributed by atoms with E-state index < -0.39 is 15.9 Å². The third-order valence-electron chi connectivity index (χ3n) is 4.16. The molecule has 0 saturated heterocycles. The molecule has 0 atom stereocenters. The van der Waals surface area contributed by atoms with Crippen LogP contribution in [0.15, 0.2) is 70.0 Å². The highest BCUT2D eigenvalue weighted by Gasteiger charge is 2.16. The molecule has 0 unspecified atom stereocenters. The van der Waals surface area contributed by atoms with Gasteiger partial charge in [0.1, 0.15) is 0 Å². The number of amides is 1. The molecular formula is C22H20BrN5O3S2. The Morgan fingerprint density at radius 1 is 1.00 bits per heavy atom. The fourth-order valence-electron chi connectivity index (χ4n) is 2.73. The number of halogens is 1. The van der Waals surface area contributed by atoms with E-state index in [4.69, 9.17) is 12.2 Å². The second kappa shape index (κ2) is 10.6. The third-order valence-corrected chi connectivity index (χ3v) is 6.24. The molecule has 0 aliphatic heterocycles. The number of hydrogen-bond acceptors (Lipinski definition) is 6. The second-order valence-electron chi connectivity index (χ2n) is 6.93. The number of hydrogen-bond donors (Lipinski definition) is 3. The van der Waals surface area contributed by atoms with Gasteiger partial charge in [-0.3, -0.25) is 10.1 Å². The first-order chi connectivity index (χ1) is 15.6. The Bertz CT molecular complexity index is 1290. The first kappa shape index (κ1) is 24.5. The fourth-order valence-corrected chi connectivity index (χ4v) is 4.16. The number of nitrogens with one attached hydrogen (secondary N) is 3. The van der Waals surface area contributed by atoms with Crippen LogP contribution < -0.4 is 15.4 Å². The summed E-state index contributed by atoms with van der Waals surface area (Å²) in [6, 6.07) is 15.1. The molecule has 0 saturated carbocycles. The maximum absolute atomic E-state index is 12.6. The SMILES string of the molecule is Cc1cc(C)nc(NS(=O)(=O)c2ccc(NC(=S)NC(=O)C=Cc3ccc(Br)cc3)cc2)n1. The number of aryl methyl sites for hydroxylation is 2. The predicted octanol–water partition coefficient (Wildman–Crippen LogP) is 4.18. The Kier molecular flexibility index (Phi) is 7.90. The Hall–Kier alpha value is -3.15. The number of benzene rings is 2. The molecule has 3 aromatic rings. The highest BCUT2D eigenvalue weighted by atomic mass is 79.9. The van der Waals surface area contributed by atoms with Crippen LogP contribution in [0, 0.1) is 13.8 Å². The van der Waals surface area contributed by atoms with Crippen LogP contribution in [0.3, 0.4) is 0 Å². The van der Waals surface area contributed by atoms with E-state index in [2.05, 4.69) is 41.3 Å². The van der Waals surface area contributed by atoms with Gasteiger partial charge in [-0.05, 0) is 80.2 Å². The van der Waals surface area contributed by atoms with E-state index in [1.165, 1.54) is 30.3 Å². The van der Waals surface area contributed by atoms with Crippen LogP contribution in [0.25, 0.3) is 6.08 Å². The van der Waals surface area contributed by atoms with E-state index in [1.807, 2.05) is 24.3 Å². The van der Waals surface area contributed by atoms with Gasteiger partial charge in [0.05, 0.1) is 4.90 Å². The van der Waals surface area contributed by atoms with Gasteiger partial charge in [-0.2, -0.15) is 0 Å². The van der Waals surface area contributed by atoms with Crippen molar-refractivity contribution in [3.63, 3.8) is 0 Å². The molecule has 170 valence electrons. The van der Waals surface area contributed by atoms with E-state index >= 15 is 0 Å². The molecule has 0 aliphatic rings. The van der Waals surface area contributed by atoms with Gasteiger partial charge in [-0.25, -0.2) is 23.1 Å². The lowest BCUT2D eigenvalue weighted by Crippen LogP contribution is -2.32. The van der Waals surface area contributed by atoms with Crippen molar-refractivity contribution in [1.29, 1.82) is 0 Å². The average molecular weight is 546 g/mol. The highest BCUT2D eigenvalue weighted by molar-refractivity contribution is 9.10. The van der Waals surface area contributed by atoms with Crippen LogP contribution >= 0.6 is 28.1 Å². The van der Waals surface area contributed by atoms with Gasteiger partial charge < -0.3 is 5.32 Å². The van der Waals surface area contributed by atoms with Crippen LogP contribution in [0.4, 0.5) is 11.6 Å². The van der Waals surface area contributed by atoms with Crippen molar-refractivity contribution in [1.82, 2.24) is 15.3 Å². The summed E-state index contributed by atoms with van der Waals surface area (Å²) in [6.45, 7) is 3.51. The van der Waals surface area contributed by atoms with Gasteiger partial charge in [-0.1, -0.05) is 28.1 Å². The number of aromatic nitrogens is 2. The fraction of sp³-hybridized carbons (Fsp3) is 0.0909. The molecule has 8 nitrogen and oxygen atoms in total. The molecule has 2 aromatic carbocycles. The van der Waals surface area contributed by atoms with Crippen LogP contribution in [-0.2, 0) is 14.8 Å². The van der Waals surface area contributed by atoms with E-state index in [9.17, 15) is 13.2 Å². The highest BCUT2D eigenvalue weighted by Crippen LogP contribution is 2.17. The first-order valence-electron chi connectivity index (χ1n) is 9.61. The number of anilines is 2. The molecule has 0 fully saturated rings. The van der Waals surface area contributed by atoms with Crippen LogP contribution in [0.1, 0.15) is 17.0 Å². The van der Waals surface area contributed by atoms with E-state index in [1.54, 1.807) is 26.0 Å². The zero-order chi connectivity index (χ0) is 24.0. The van der Waals surface area contributed by atoms with Crippen molar-refractivity contribution in [2.45, 2.75) is 18.7 Å². The van der Waals surface area contributed by atoms with Gasteiger partial charge in [0.25, 0.3) is 10.0 Å². The van der Waals surface area contributed by atoms with Gasteiger partial charge in [0, 0.05) is 27.6 Å². The van der Waals surface area contributed by atoms with Crippen LogP contribution in [0.5, 0.6) is 0 Å². The molecular weight excluding hydrogens is 526 g/mol. The molecule has 0 radical (unpaired) electrons. The monoisotopic (exact) mass is 545 g/mol. The molecule has 11 heteroatoms. The second-order valence-corrected chi connectivity index (χ2v) is 9.94. The average Bonchev–Trinajstić information content (AvgIpc) is 2.72. The number of rotatable bonds is 6. The van der Waals surface area contributed by atoms with Gasteiger partial charge in [0.2, 0.25) is 11.9 Å². The van der Waals surface area contributed by atoms with Crippen molar-refractivity contribution in [3.8, 4) is 0 Å². The van der Waals surface area contributed by atoms with Crippen molar-refractivity contribution in [3.05, 3.63) is 82.1 Å². The zero-order valence-electron chi connectivity index (χ0n) is 17.7. The lowest BCUT2D eigenvalue weighted by molar-refractivity contribution is -0.115. The smallest absolute Gasteiger partial charge is 0.264 e. The van der Waals surface area contributed by atoms with Crippen molar-refractivity contribution in [2.75, 3.05) is 10.0 Å². The number of thiocarbonyl (C=S) groups is 1. The maximum Gasteiger partial charge on any atom is 0.264 e. The minimum Gasteiger partial charge on any atom is -0.332 e. The Balaban J connectivity index is 1.58. The van der Waals surface area contributed by atoms with Crippen molar-refractivity contribution >= 4 is 66.9 Å². The largest absolute Gasteiger partial charge is 0.332 e. The third kappa shape index (κ3) is 7.45. The molecule has 1 aromatic heterocycles. The van der Waals surface area contributed by atoms with Gasteiger partial charge in [-0.15, -0.1) is 0 Å². The minimum atomic E-state index is -3.86. The summed E-state index contributed by atoms with van der Waals surface area (Å²) >= 11 is 8.50. The summed E-state index contributed by atoms with van der Waals surface area (Å²) in [5.74, 6) is -0.387. The van der Waals surface area contributed by atoms with E-state index in [0.717, 1.165) is 10.0 Å². The molecule has 1 amide bonds. The Morgan fingerprint density at radius 3 is 2.21 bits per heavy atom. The topological polar surface area (TPSA) is 113 Å². The van der Waals surface area contributed by atoms with Crippen molar-refractivity contribution < 1.29 is 13.2 Å². The molecule has 33 heavy (non-hydrogen) atoms. The molecule has 3 N–H and O–H groups in total. The first-order valence-corrected chi connectivity index (χ1v) is 12.3. The number of carbonyl (C=O) groups excluding carboxylic acids is 1. The lowest BCUT2D eigenvalue weighted by atomic mass is 10.2. The molecule has 3 rings (SSSR count). The molecule has 1 heterocycles. The summed E-state index contributed by atoms with van der Waals surface area (Å²) in [4.78, 5) is 20.3. The van der Waals surface area contributed by atoms with Crippen LogP contribution in [0.2, 0.25) is 0 Å². The Morgan fingerprint density at radius 2 is 1.61 bits per heavy atom. The molecule has 0 bridgehead atoms. The predicted molar refractivity (Wildman–Crippen MR) is 136 cm³/mol. The summed E-state index contributed by atoms with van der Waals surface area (Å²) in [5.41, 5.74) is 2.69. The lowest BCUT2D eigenvalue weighted by Gasteiger charge is -2.10. The van der Waals surface area contributed by atoms with Gasteiger partial charge >= 0.3 is 0 Å². The van der Waals surface area contributed by atoms with E-state index in [-0.39, 0.29) is 16.0 Å². The Labute approximate surface area is 205 Å². The van der Waals surface area contributed by atoms with E-state index in [0.29, 0.717) is 17.1 Å². The number of sulfonamides is 1. The van der Waals surface area contributed by atoms with Gasteiger partial charge in [0.15, 0.2) is 5.11 Å².